The number of urea groups is 1. The van der Waals surface area contributed by atoms with Crippen molar-refractivity contribution in [1.82, 2.24) is 15.3 Å². The lowest BCUT2D eigenvalue weighted by Crippen LogP contribution is -2.31. The minimum absolute atomic E-state index is 0.00392. The summed E-state index contributed by atoms with van der Waals surface area (Å²) in [5.41, 5.74) is 2.88. The predicted molar refractivity (Wildman–Crippen MR) is 91.0 cm³/mol. The van der Waals surface area contributed by atoms with Gasteiger partial charge < -0.3 is 15.5 Å². The zero-order valence-corrected chi connectivity index (χ0v) is 13.8. The third-order valence-electron chi connectivity index (χ3n) is 3.78. The molecule has 3 rings (SSSR count). The summed E-state index contributed by atoms with van der Waals surface area (Å²) >= 11 is 6.00. The van der Waals surface area contributed by atoms with Crippen molar-refractivity contribution >= 4 is 29.3 Å². The second kappa shape index (κ2) is 6.42. The SMILES string of the molecule is CN(C)c1ncc(NC(=O)N[C@@H]2CCc3cc(Cl)ccc32)cn1. The zero-order chi connectivity index (χ0) is 16.4. The highest BCUT2D eigenvalue weighted by molar-refractivity contribution is 6.30. The van der Waals surface area contributed by atoms with Crippen LogP contribution in [0.4, 0.5) is 16.4 Å². The van der Waals surface area contributed by atoms with E-state index in [4.69, 9.17) is 11.6 Å². The predicted octanol–water partition coefficient (Wildman–Crippen LogP) is 3.01. The molecule has 0 aliphatic heterocycles. The molecule has 0 fully saturated rings. The lowest BCUT2D eigenvalue weighted by atomic mass is 10.1. The van der Waals surface area contributed by atoms with Crippen molar-refractivity contribution in [3.8, 4) is 0 Å². The molecule has 2 N–H and O–H groups in total. The lowest BCUT2D eigenvalue weighted by molar-refractivity contribution is 0.248. The summed E-state index contributed by atoms with van der Waals surface area (Å²) in [7, 11) is 3.72. The van der Waals surface area contributed by atoms with E-state index >= 15 is 0 Å². The summed E-state index contributed by atoms with van der Waals surface area (Å²) in [5.74, 6) is 0.595. The molecule has 23 heavy (non-hydrogen) atoms. The number of aryl methyl sites for hydroxylation is 1. The Kier molecular flexibility index (Phi) is 4.34. The minimum Gasteiger partial charge on any atom is -0.347 e. The molecule has 1 aliphatic rings. The number of anilines is 2. The Morgan fingerprint density at radius 3 is 2.74 bits per heavy atom. The first-order valence-corrected chi connectivity index (χ1v) is 7.76. The van der Waals surface area contributed by atoms with Gasteiger partial charge in [-0.15, -0.1) is 0 Å². The first-order valence-electron chi connectivity index (χ1n) is 7.38. The highest BCUT2D eigenvalue weighted by Gasteiger charge is 2.24. The fourth-order valence-corrected chi connectivity index (χ4v) is 2.87. The van der Waals surface area contributed by atoms with Crippen molar-refractivity contribution in [2.45, 2.75) is 18.9 Å². The van der Waals surface area contributed by atoms with Crippen LogP contribution in [-0.2, 0) is 6.42 Å². The van der Waals surface area contributed by atoms with Gasteiger partial charge in [-0.2, -0.15) is 0 Å². The van der Waals surface area contributed by atoms with E-state index in [1.165, 1.54) is 5.56 Å². The van der Waals surface area contributed by atoms with Crippen LogP contribution in [0.1, 0.15) is 23.6 Å². The average Bonchev–Trinajstić information content (AvgIpc) is 2.89. The van der Waals surface area contributed by atoms with Crippen LogP contribution in [0.2, 0.25) is 5.02 Å². The molecule has 0 saturated carbocycles. The quantitative estimate of drug-likeness (QED) is 0.907. The van der Waals surface area contributed by atoms with E-state index in [0.717, 1.165) is 23.4 Å². The summed E-state index contributed by atoms with van der Waals surface area (Å²) in [4.78, 5) is 22.3. The molecule has 6 nitrogen and oxygen atoms in total. The maximum atomic E-state index is 12.1. The van der Waals surface area contributed by atoms with Crippen LogP contribution in [-0.4, -0.2) is 30.1 Å². The Bertz CT molecular complexity index is 717. The lowest BCUT2D eigenvalue weighted by Gasteiger charge is -2.15. The van der Waals surface area contributed by atoms with Gasteiger partial charge in [-0.25, -0.2) is 14.8 Å². The Labute approximate surface area is 139 Å². The largest absolute Gasteiger partial charge is 0.347 e. The summed E-state index contributed by atoms with van der Waals surface area (Å²) in [6, 6.07) is 5.53. The van der Waals surface area contributed by atoms with Crippen molar-refractivity contribution in [2.24, 2.45) is 0 Å². The highest BCUT2D eigenvalue weighted by Crippen LogP contribution is 2.32. The topological polar surface area (TPSA) is 70.2 Å². The van der Waals surface area contributed by atoms with Gasteiger partial charge in [0.1, 0.15) is 0 Å². The number of aromatic nitrogens is 2. The number of carbonyl (C=O) groups is 1. The third kappa shape index (κ3) is 3.53. The number of carbonyl (C=O) groups excluding carboxylic acids is 1. The molecule has 0 bridgehead atoms. The van der Waals surface area contributed by atoms with Crippen LogP contribution < -0.4 is 15.5 Å². The molecule has 1 aromatic heterocycles. The molecule has 120 valence electrons. The van der Waals surface area contributed by atoms with E-state index in [1.807, 2.05) is 32.3 Å². The maximum Gasteiger partial charge on any atom is 0.319 e. The molecule has 0 saturated heterocycles. The molecular formula is C16H18ClN5O. The molecule has 7 heteroatoms. The Morgan fingerprint density at radius 2 is 2.04 bits per heavy atom. The second-order valence-corrected chi connectivity index (χ2v) is 6.14. The van der Waals surface area contributed by atoms with Gasteiger partial charge in [-0.1, -0.05) is 17.7 Å². The van der Waals surface area contributed by atoms with Crippen molar-refractivity contribution in [3.63, 3.8) is 0 Å². The molecule has 1 aliphatic carbocycles. The van der Waals surface area contributed by atoms with E-state index in [1.54, 1.807) is 17.3 Å². The van der Waals surface area contributed by atoms with Gasteiger partial charge in [-0.3, -0.25) is 0 Å². The Morgan fingerprint density at radius 1 is 1.30 bits per heavy atom. The third-order valence-corrected chi connectivity index (χ3v) is 4.02. The number of fused-ring (bicyclic) bond motifs is 1. The fraction of sp³-hybridized carbons (Fsp3) is 0.312. The first-order chi connectivity index (χ1) is 11.0. The molecule has 0 unspecified atom stereocenters. The average molecular weight is 332 g/mol. The summed E-state index contributed by atoms with van der Waals surface area (Å²) in [6.07, 6.45) is 4.97. The second-order valence-electron chi connectivity index (χ2n) is 5.70. The number of nitrogens with zero attached hydrogens (tertiary/aromatic N) is 3. The smallest absolute Gasteiger partial charge is 0.319 e. The van der Waals surface area contributed by atoms with Crippen molar-refractivity contribution in [3.05, 3.63) is 46.7 Å². The Hall–Kier alpha value is -2.34. The van der Waals surface area contributed by atoms with Gasteiger partial charge in [0.05, 0.1) is 24.1 Å². The van der Waals surface area contributed by atoms with E-state index in [2.05, 4.69) is 20.6 Å². The van der Waals surface area contributed by atoms with Gasteiger partial charge in [0, 0.05) is 19.1 Å². The molecule has 1 heterocycles. The minimum atomic E-state index is -0.265. The molecule has 2 aromatic rings. The number of halogens is 1. The standard InChI is InChI=1S/C16H18ClN5O/c1-22(2)15-18-8-12(9-19-15)20-16(23)21-14-6-3-10-7-11(17)4-5-13(10)14/h4-5,7-9,14H,3,6H2,1-2H3,(H2,20,21,23)/t14-/m1/s1. The van der Waals surface area contributed by atoms with Crippen LogP contribution >= 0.6 is 11.6 Å². The molecule has 0 radical (unpaired) electrons. The van der Waals surface area contributed by atoms with Crippen molar-refractivity contribution in [1.29, 1.82) is 0 Å². The summed E-state index contributed by atoms with van der Waals surface area (Å²) in [6.45, 7) is 0. The Balaban J connectivity index is 1.62. The van der Waals surface area contributed by atoms with Gasteiger partial charge in [-0.05, 0) is 36.1 Å². The molecule has 0 spiro atoms. The number of hydrogen-bond donors (Lipinski definition) is 2. The number of amides is 2. The molecule has 1 atom stereocenters. The van der Waals surface area contributed by atoms with Gasteiger partial charge >= 0.3 is 6.03 Å². The van der Waals surface area contributed by atoms with E-state index in [9.17, 15) is 4.79 Å². The van der Waals surface area contributed by atoms with Crippen LogP contribution in [0, 0.1) is 0 Å². The number of hydrogen-bond acceptors (Lipinski definition) is 4. The van der Waals surface area contributed by atoms with E-state index in [0.29, 0.717) is 11.6 Å². The van der Waals surface area contributed by atoms with Crippen LogP contribution in [0.15, 0.2) is 30.6 Å². The fourth-order valence-electron chi connectivity index (χ4n) is 2.68. The van der Waals surface area contributed by atoms with E-state index < -0.39 is 0 Å². The maximum absolute atomic E-state index is 12.1. The van der Waals surface area contributed by atoms with Crippen LogP contribution in [0.3, 0.4) is 0 Å². The van der Waals surface area contributed by atoms with Gasteiger partial charge in [0.2, 0.25) is 5.95 Å². The highest BCUT2D eigenvalue weighted by atomic mass is 35.5. The van der Waals surface area contributed by atoms with E-state index in [-0.39, 0.29) is 12.1 Å². The normalized spacial score (nSPS) is 15.9. The number of nitrogens with one attached hydrogen (secondary N) is 2. The van der Waals surface area contributed by atoms with Crippen LogP contribution in [0.25, 0.3) is 0 Å². The zero-order valence-electron chi connectivity index (χ0n) is 13.0. The van der Waals surface area contributed by atoms with Gasteiger partial charge in [0.15, 0.2) is 0 Å². The van der Waals surface area contributed by atoms with Crippen molar-refractivity contribution in [2.75, 3.05) is 24.3 Å². The first kappa shape index (κ1) is 15.6. The molecular weight excluding hydrogens is 314 g/mol. The number of benzene rings is 1. The van der Waals surface area contributed by atoms with Crippen LogP contribution in [0.5, 0.6) is 0 Å². The monoisotopic (exact) mass is 331 g/mol. The van der Waals surface area contributed by atoms with Crippen molar-refractivity contribution < 1.29 is 4.79 Å². The summed E-state index contributed by atoms with van der Waals surface area (Å²) in [5, 5.41) is 6.47. The summed E-state index contributed by atoms with van der Waals surface area (Å²) < 4.78 is 0. The molecule has 1 aromatic carbocycles. The number of rotatable bonds is 3. The molecule has 2 amide bonds. The van der Waals surface area contributed by atoms with Gasteiger partial charge in [0.25, 0.3) is 0 Å².